The monoisotopic (exact) mass is 268 g/mol. The van der Waals surface area contributed by atoms with Crippen LogP contribution in [0.1, 0.15) is 26.0 Å². The van der Waals surface area contributed by atoms with Gasteiger partial charge < -0.3 is 20.7 Å². The fraction of sp³-hybridized carbons (Fsp3) is 0.583. The van der Waals surface area contributed by atoms with Gasteiger partial charge in [0.25, 0.3) is 0 Å². The first-order chi connectivity index (χ1) is 8.99. The van der Waals surface area contributed by atoms with Crippen molar-refractivity contribution in [3.63, 3.8) is 0 Å². The highest BCUT2D eigenvalue weighted by atomic mass is 16.4. The Morgan fingerprint density at radius 2 is 2.21 bits per heavy atom. The third-order valence-electron chi connectivity index (χ3n) is 2.55. The molecule has 1 atom stereocenters. The third kappa shape index (κ3) is 5.89. The third-order valence-corrected chi connectivity index (χ3v) is 2.55. The lowest BCUT2D eigenvalue weighted by atomic mass is 10.0. The maximum absolute atomic E-state index is 11.6. The minimum Gasteiger partial charge on any atom is -0.480 e. The summed E-state index contributed by atoms with van der Waals surface area (Å²) in [6, 6.07) is -1.32. The maximum Gasteiger partial charge on any atom is 0.326 e. The number of carbonyl (C=O) groups excluding carboxylic acids is 1. The number of amides is 2. The van der Waals surface area contributed by atoms with Gasteiger partial charge in [-0.25, -0.2) is 14.6 Å². The van der Waals surface area contributed by atoms with E-state index in [9.17, 15) is 9.59 Å². The molecule has 0 saturated carbocycles. The lowest BCUT2D eigenvalue weighted by Crippen LogP contribution is -2.47. The summed E-state index contributed by atoms with van der Waals surface area (Å²) < 4.78 is 0. The molecule has 0 aliphatic rings. The van der Waals surface area contributed by atoms with E-state index < -0.39 is 18.0 Å². The molecule has 1 aromatic heterocycles. The zero-order valence-corrected chi connectivity index (χ0v) is 11.1. The number of rotatable bonds is 7. The molecule has 0 aromatic carbocycles. The van der Waals surface area contributed by atoms with Gasteiger partial charge in [-0.05, 0) is 12.3 Å². The Morgan fingerprint density at radius 1 is 1.47 bits per heavy atom. The van der Waals surface area contributed by atoms with Crippen LogP contribution in [-0.4, -0.2) is 39.7 Å². The van der Waals surface area contributed by atoms with E-state index in [-0.39, 0.29) is 5.92 Å². The first-order valence-corrected chi connectivity index (χ1v) is 6.23. The first kappa shape index (κ1) is 15.0. The van der Waals surface area contributed by atoms with Crippen molar-refractivity contribution < 1.29 is 14.7 Å². The molecule has 106 valence electrons. The van der Waals surface area contributed by atoms with Gasteiger partial charge in [-0.15, -0.1) is 0 Å². The molecule has 0 unspecified atom stereocenters. The molecule has 19 heavy (non-hydrogen) atoms. The Hall–Kier alpha value is -2.05. The van der Waals surface area contributed by atoms with Crippen LogP contribution in [0.25, 0.3) is 0 Å². The molecule has 4 N–H and O–H groups in total. The topological polar surface area (TPSA) is 107 Å². The number of hydrogen-bond donors (Lipinski definition) is 4. The lowest BCUT2D eigenvalue weighted by Gasteiger charge is -2.16. The van der Waals surface area contributed by atoms with Crippen molar-refractivity contribution in [1.82, 2.24) is 20.6 Å². The quantitative estimate of drug-likeness (QED) is 0.585. The molecule has 0 bridgehead atoms. The van der Waals surface area contributed by atoms with Gasteiger partial charge in [-0.1, -0.05) is 13.8 Å². The number of aromatic nitrogens is 2. The number of imidazole rings is 1. The predicted molar refractivity (Wildman–Crippen MR) is 69.7 cm³/mol. The molecular weight excluding hydrogens is 248 g/mol. The van der Waals surface area contributed by atoms with Crippen LogP contribution < -0.4 is 10.6 Å². The molecule has 0 radical (unpaired) electrons. The average molecular weight is 268 g/mol. The largest absolute Gasteiger partial charge is 0.480 e. The molecule has 0 spiro atoms. The number of nitrogens with zero attached hydrogens (tertiary/aromatic N) is 1. The van der Waals surface area contributed by atoms with Crippen LogP contribution in [0.3, 0.4) is 0 Å². The van der Waals surface area contributed by atoms with Gasteiger partial charge in [0.15, 0.2) is 0 Å². The standard InChI is InChI=1S/C12H20N4O3/c1-8(2)5-10(11(17)18)16-12(19)14-4-3-9-6-13-7-15-9/h6-8,10H,3-5H2,1-2H3,(H,13,15)(H,17,18)(H2,14,16,19)/t10-/m1/s1. The molecule has 0 fully saturated rings. The molecule has 1 aromatic rings. The van der Waals surface area contributed by atoms with Crippen LogP contribution in [0.2, 0.25) is 0 Å². The summed E-state index contributed by atoms with van der Waals surface area (Å²) in [6.45, 7) is 4.24. The fourth-order valence-electron chi connectivity index (χ4n) is 1.63. The average Bonchev–Trinajstić information content (AvgIpc) is 2.80. The molecule has 2 amide bonds. The summed E-state index contributed by atoms with van der Waals surface area (Å²) >= 11 is 0. The lowest BCUT2D eigenvalue weighted by molar-refractivity contribution is -0.139. The molecule has 0 aliphatic heterocycles. The summed E-state index contributed by atoms with van der Waals surface area (Å²) in [5.74, 6) is -0.816. The van der Waals surface area contributed by atoms with Crippen LogP contribution in [0.4, 0.5) is 4.79 Å². The minimum absolute atomic E-state index is 0.200. The number of carboxylic acids is 1. The van der Waals surface area contributed by atoms with Crippen molar-refractivity contribution in [2.45, 2.75) is 32.7 Å². The number of nitrogens with one attached hydrogen (secondary N) is 3. The van der Waals surface area contributed by atoms with E-state index in [1.54, 1.807) is 12.5 Å². The van der Waals surface area contributed by atoms with Gasteiger partial charge in [0.2, 0.25) is 0 Å². The summed E-state index contributed by atoms with van der Waals surface area (Å²) in [5.41, 5.74) is 0.914. The highest BCUT2D eigenvalue weighted by molar-refractivity contribution is 5.82. The molecule has 1 rings (SSSR count). The Balaban J connectivity index is 2.30. The van der Waals surface area contributed by atoms with Crippen LogP contribution in [0.15, 0.2) is 12.5 Å². The summed E-state index contributed by atoms with van der Waals surface area (Å²) in [5, 5.41) is 14.1. The van der Waals surface area contributed by atoms with Crippen LogP contribution in [-0.2, 0) is 11.2 Å². The van der Waals surface area contributed by atoms with E-state index in [1.807, 2.05) is 13.8 Å². The predicted octanol–water partition coefficient (Wildman–Crippen LogP) is 0.751. The number of carboxylic acid groups (broad SMARTS) is 1. The van der Waals surface area contributed by atoms with Gasteiger partial charge in [0.05, 0.1) is 6.33 Å². The second kappa shape index (κ2) is 7.40. The van der Waals surface area contributed by atoms with Gasteiger partial charge in [-0.2, -0.15) is 0 Å². The zero-order chi connectivity index (χ0) is 14.3. The number of hydrogen-bond acceptors (Lipinski definition) is 3. The number of urea groups is 1. The van der Waals surface area contributed by atoms with Gasteiger partial charge in [0, 0.05) is 24.9 Å². The normalized spacial score (nSPS) is 12.2. The Labute approximate surface area is 111 Å². The van der Waals surface area contributed by atoms with E-state index in [0.29, 0.717) is 19.4 Å². The SMILES string of the molecule is CC(C)C[C@@H](NC(=O)NCCc1cnc[nH]1)C(=O)O. The van der Waals surface area contributed by atoms with Crippen LogP contribution in [0, 0.1) is 5.92 Å². The van der Waals surface area contributed by atoms with Crippen molar-refractivity contribution in [3.05, 3.63) is 18.2 Å². The van der Waals surface area contributed by atoms with E-state index in [0.717, 1.165) is 5.69 Å². The fourth-order valence-corrected chi connectivity index (χ4v) is 1.63. The van der Waals surface area contributed by atoms with Gasteiger partial charge >= 0.3 is 12.0 Å². The number of carbonyl (C=O) groups is 2. The van der Waals surface area contributed by atoms with E-state index in [2.05, 4.69) is 20.6 Å². The second-order valence-electron chi connectivity index (χ2n) is 4.75. The Bertz CT molecular complexity index is 403. The first-order valence-electron chi connectivity index (χ1n) is 6.23. The van der Waals surface area contributed by atoms with E-state index in [1.165, 1.54) is 0 Å². The van der Waals surface area contributed by atoms with Crippen molar-refractivity contribution in [2.24, 2.45) is 5.92 Å². The highest BCUT2D eigenvalue weighted by Gasteiger charge is 2.20. The molecule has 0 saturated heterocycles. The van der Waals surface area contributed by atoms with Crippen molar-refractivity contribution in [2.75, 3.05) is 6.54 Å². The van der Waals surface area contributed by atoms with Crippen molar-refractivity contribution in [3.8, 4) is 0 Å². The van der Waals surface area contributed by atoms with Gasteiger partial charge in [-0.3, -0.25) is 0 Å². The summed E-state index contributed by atoms with van der Waals surface area (Å²) in [4.78, 5) is 29.3. The zero-order valence-electron chi connectivity index (χ0n) is 11.1. The van der Waals surface area contributed by atoms with Crippen LogP contribution >= 0.6 is 0 Å². The number of aliphatic carboxylic acids is 1. The highest BCUT2D eigenvalue weighted by Crippen LogP contribution is 2.04. The molecule has 1 heterocycles. The smallest absolute Gasteiger partial charge is 0.326 e. The number of aromatic amines is 1. The van der Waals surface area contributed by atoms with E-state index in [4.69, 9.17) is 5.11 Å². The molecule has 7 heteroatoms. The Kier molecular flexibility index (Phi) is 5.84. The number of H-pyrrole nitrogens is 1. The van der Waals surface area contributed by atoms with Crippen molar-refractivity contribution >= 4 is 12.0 Å². The van der Waals surface area contributed by atoms with E-state index >= 15 is 0 Å². The minimum atomic E-state index is -1.02. The summed E-state index contributed by atoms with van der Waals surface area (Å²) in [6.07, 6.45) is 4.27. The van der Waals surface area contributed by atoms with Crippen LogP contribution in [0.5, 0.6) is 0 Å². The molecular formula is C12H20N4O3. The van der Waals surface area contributed by atoms with Gasteiger partial charge in [0.1, 0.15) is 6.04 Å². The Morgan fingerprint density at radius 3 is 2.74 bits per heavy atom. The molecule has 0 aliphatic carbocycles. The summed E-state index contributed by atoms with van der Waals surface area (Å²) in [7, 11) is 0. The van der Waals surface area contributed by atoms with Crippen molar-refractivity contribution in [1.29, 1.82) is 0 Å². The second-order valence-corrected chi connectivity index (χ2v) is 4.75. The molecule has 7 nitrogen and oxygen atoms in total. The maximum atomic E-state index is 11.6.